The quantitative estimate of drug-likeness (QED) is 0.636. The van der Waals surface area contributed by atoms with Crippen LogP contribution in [0.25, 0.3) is 0 Å². The summed E-state index contributed by atoms with van der Waals surface area (Å²) in [5.41, 5.74) is 1.03. The van der Waals surface area contributed by atoms with E-state index in [1.165, 1.54) is 0 Å². The van der Waals surface area contributed by atoms with Gasteiger partial charge in [-0.3, -0.25) is 4.18 Å². The summed E-state index contributed by atoms with van der Waals surface area (Å²) in [6, 6.07) is 6.74. The van der Waals surface area contributed by atoms with Crippen LogP contribution in [0.5, 0.6) is 0 Å². The Morgan fingerprint density at radius 1 is 1.21 bits per heavy atom. The van der Waals surface area contributed by atoms with Crippen LogP contribution in [-0.4, -0.2) is 19.9 Å². The molecule has 0 heterocycles. The van der Waals surface area contributed by atoms with E-state index < -0.39 is 10.1 Å². The van der Waals surface area contributed by atoms with Crippen LogP contribution in [-0.2, 0) is 14.3 Å². The molecule has 2 bridgehead atoms. The summed E-state index contributed by atoms with van der Waals surface area (Å²) >= 11 is 6.29. The average Bonchev–Trinajstić information content (AvgIpc) is 2.84. The van der Waals surface area contributed by atoms with Gasteiger partial charge in [0.05, 0.1) is 11.0 Å². The fourth-order valence-electron chi connectivity index (χ4n) is 3.22. The SMILES string of the molecule is Cc1ccc(S(=O)(=O)O[C@@H]2C[C@H]3CC[C@H]2[C@@H]3Cl)cc1. The molecule has 3 nitrogen and oxygen atoms in total. The van der Waals surface area contributed by atoms with Crippen molar-refractivity contribution in [2.24, 2.45) is 11.8 Å². The van der Waals surface area contributed by atoms with Crippen molar-refractivity contribution < 1.29 is 12.6 Å². The van der Waals surface area contributed by atoms with Gasteiger partial charge in [0, 0.05) is 11.3 Å². The zero-order chi connectivity index (χ0) is 13.6. The lowest BCUT2D eigenvalue weighted by molar-refractivity contribution is 0.146. The van der Waals surface area contributed by atoms with E-state index >= 15 is 0 Å². The molecule has 0 aromatic heterocycles. The van der Waals surface area contributed by atoms with Crippen molar-refractivity contribution in [1.29, 1.82) is 0 Å². The van der Waals surface area contributed by atoms with Crippen molar-refractivity contribution >= 4 is 21.7 Å². The molecule has 0 saturated heterocycles. The molecular formula is C14H17ClO3S. The molecule has 1 aromatic rings. The number of alkyl halides is 1. The minimum Gasteiger partial charge on any atom is -0.263 e. The van der Waals surface area contributed by atoms with E-state index in [-0.39, 0.29) is 22.3 Å². The van der Waals surface area contributed by atoms with E-state index in [1.807, 2.05) is 6.92 Å². The van der Waals surface area contributed by atoms with Crippen molar-refractivity contribution in [3.8, 4) is 0 Å². The maximum Gasteiger partial charge on any atom is 0.297 e. The lowest BCUT2D eigenvalue weighted by Gasteiger charge is -2.21. The summed E-state index contributed by atoms with van der Waals surface area (Å²) in [5, 5.41) is 0.0817. The highest BCUT2D eigenvalue weighted by molar-refractivity contribution is 7.86. The highest BCUT2D eigenvalue weighted by atomic mass is 35.5. The second-order valence-electron chi connectivity index (χ2n) is 5.58. The second-order valence-corrected chi connectivity index (χ2v) is 7.66. The van der Waals surface area contributed by atoms with Crippen LogP contribution in [0.1, 0.15) is 24.8 Å². The van der Waals surface area contributed by atoms with Crippen molar-refractivity contribution in [3.63, 3.8) is 0 Å². The lowest BCUT2D eigenvalue weighted by atomic mass is 9.98. The first-order valence-corrected chi connectivity index (χ1v) is 8.46. The van der Waals surface area contributed by atoms with Crippen LogP contribution in [0.3, 0.4) is 0 Å². The molecule has 3 rings (SSSR count). The predicted molar refractivity (Wildman–Crippen MR) is 73.7 cm³/mol. The van der Waals surface area contributed by atoms with E-state index in [0.717, 1.165) is 24.8 Å². The molecule has 0 unspecified atom stereocenters. The van der Waals surface area contributed by atoms with Gasteiger partial charge in [0.1, 0.15) is 0 Å². The average molecular weight is 301 g/mol. The zero-order valence-electron chi connectivity index (χ0n) is 10.8. The molecule has 0 spiro atoms. The molecule has 0 radical (unpaired) electrons. The van der Waals surface area contributed by atoms with Crippen LogP contribution in [0.15, 0.2) is 29.2 Å². The first kappa shape index (κ1) is 13.4. The molecule has 0 aliphatic heterocycles. The maximum absolute atomic E-state index is 12.2. The van der Waals surface area contributed by atoms with E-state index in [1.54, 1.807) is 24.3 Å². The Kier molecular flexibility index (Phi) is 3.36. The van der Waals surface area contributed by atoms with Crippen molar-refractivity contribution in [2.45, 2.75) is 42.6 Å². The van der Waals surface area contributed by atoms with Gasteiger partial charge in [0.25, 0.3) is 10.1 Å². The lowest BCUT2D eigenvalue weighted by Crippen LogP contribution is -2.25. The smallest absolute Gasteiger partial charge is 0.263 e. The molecule has 0 N–H and O–H groups in total. The summed E-state index contributed by atoms with van der Waals surface area (Å²) in [6.45, 7) is 1.92. The standard InChI is InChI=1S/C14H17ClO3S/c1-9-2-5-11(6-3-9)19(16,17)18-13-8-10-4-7-12(13)14(10)15/h2-3,5-6,10,12-14H,4,7-8H2,1H3/t10-,12-,13-,14-/m1/s1. The molecule has 5 heteroatoms. The van der Waals surface area contributed by atoms with E-state index in [9.17, 15) is 8.42 Å². The third-order valence-electron chi connectivity index (χ3n) is 4.30. The number of hydrogen-bond donors (Lipinski definition) is 0. The molecule has 2 fully saturated rings. The number of aryl methyl sites for hydroxylation is 1. The summed E-state index contributed by atoms with van der Waals surface area (Å²) < 4.78 is 29.9. The molecule has 1 aromatic carbocycles. The molecule has 104 valence electrons. The Labute approximate surface area is 119 Å². The zero-order valence-corrected chi connectivity index (χ0v) is 12.3. The monoisotopic (exact) mass is 300 g/mol. The summed E-state index contributed by atoms with van der Waals surface area (Å²) in [4.78, 5) is 0.229. The first-order chi connectivity index (χ1) is 8.97. The Morgan fingerprint density at radius 3 is 2.42 bits per heavy atom. The third kappa shape index (κ3) is 2.41. The highest BCUT2D eigenvalue weighted by Gasteiger charge is 2.49. The summed E-state index contributed by atoms with van der Waals surface area (Å²) in [7, 11) is -3.66. The molecular weight excluding hydrogens is 284 g/mol. The van der Waals surface area contributed by atoms with E-state index in [2.05, 4.69) is 0 Å². The molecule has 2 aliphatic carbocycles. The molecule has 19 heavy (non-hydrogen) atoms. The van der Waals surface area contributed by atoms with Crippen LogP contribution < -0.4 is 0 Å². The van der Waals surface area contributed by atoms with Crippen LogP contribution in [0.4, 0.5) is 0 Å². The van der Waals surface area contributed by atoms with Gasteiger partial charge in [-0.2, -0.15) is 8.42 Å². The molecule has 2 aliphatic rings. The van der Waals surface area contributed by atoms with Gasteiger partial charge in [-0.15, -0.1) is 11.6 Å². The second kappa shape index (κ2) is 4.76. The van der Waals surface area contributed by atoms with Gasteiger partial charge in [-0.05, 0) is 44.2 Å². The van der Waals surface area contributed by atoms with Crippen molar-refractivity contribution in [2.75, 3.05) is 0 Å². The molecule has 0 amide bonds. The van der Waals surface area contributed by atoms with Crippen molar-refractivity contribution in [3.05, 3.63) is 29.8 Å². The maximum atomic E-state index is 12.2. The topological polar surface area (TPSA) is 43.4 Å². The Bertz CT molecular complexity index is 567. The normalized spacial score (nSPS) is 33.8. The van der Waals surface area contributed by atoms with Crippen molar-refractivity contribution in [1.82, 2.24) is 0 Å². The fraction of sp³-hybridized carbons (Fsp3) is 0.571. The van der Waals surface area contributed by atoms with Gasteiger partial charge in [0.15, 0.2) is 0 Å². The number of halogens is 1. The van der Waals surface area contributed by atoms with Gasteiger partial charge >= 0.3 is 0 Å². The van der Waals surface area contributed by atoms with Gasteiger partial charge in [0.2, 0.25) is 0 Å². The van der Waals surface area contributed by atoms with E-state index in [4.69, 9.17) is 15.8 Å². The summed E-state index contributed by atoms with van der Waals surface area (Å²) in [6.07, 6.45) is 2.60. The minimum absolute atomic E-state index is 0.0817. The van der Waals surface area contributed by atoms with Gasteiger partial charge in [-0.1, -0.05) is 17.7 Å². The fourth-order valence-corrected chi connectivity index (χ4v) is 4.86. The molecule has 4 atom stereocenters. The minimum atomic E-state index is -3.66. The third-order valence-corrected chi connectivity index (χ3v) is 6.33. The number of rotatable bonds is 3. The van der Waals surface area contributed by atoms with Crippen LogP contribution in [0, 0.1) is 18.8 Å². The largest absolute Gasteiger partial charge is 0.297 e. The number of hydrogen-bond acceptors (Lipinski definition) is 3. The predicted octanol–water partition coefficient (Wildman–Crippen LogP) is 3.11. The van der Waals surface area contributed by atoms with Gasteiger partial charge < -0.3 is 0 Å². The number of fused-ring (bicyclic) bond motifs is 2. The van der Waals surface area contributed by atoms with Crippen LogP contribution in [0.2, 0.25) is 0 Å². The first-order valence-electron chi connectivity index (χ1n) is 6.61. The van der Waals surface area contributed by atoms with Crippen LogP contribution >= 0.6 is 11.6 Å². The molecule has 2 saturated carbocycles. The highest BCUT2D eigenvalue weighted by Crippen LogP contribution is 2.49. The Morgan fingerprint density at radius 2 is 1.89 bits per heavy atom. The van der Waals surface area contributed by atoms with E-state index in [0.29, 0.717) is 5.92 Å². The Hall–Kier alpha value is -0.580. The summed E-state index contributed by atoms with van der Waals surface area (Å²) in [5.74, 6) is 0.608. The Balaban J connectivity index is 1.78. The number of benzene rings is 1. The van der Waals surface area contributed by atoms with Gasteiger partial charge in [-0.25, -0.2) is 0 Å².